The molecule has 2 aliphatic rings. The van der Waals surface area contributed by atoms with Gasteiger partial charge in [-0.25, -0.2) is 0 Å². The Labute approximate surface area is 99.7 Å². The highest BCUT2D eigenvalue weighted by molar-refractivity contribution is 4.76. The number of hydrogen-bond donors (Lipinski definition) is 0. The molecule has 0 amide bonds. The van der Waals surface area contributed by atoms with Gasteiger partial charge in [-0.3, -0.25) is 0 Å². The molecule has 0 unspecified atom stereocenters. The third-order valence-electron chi connectivity index (χ3n) is 4.03. The van der Waals surface area contributed by atoms with E-state index in [0.29, 0.717) is 12.2 Å². The van der Waals surface area contributed by atoms with Gasteiger partial charge in [-0.15, -0.1) is 0 Å². The zero-order valence-corrected chi connectivity index (χ0v) is 10.8. The minimum atomic E-state index is 0.536. The van der Waals surface area contributed by atoms with Crippen molar-refractivity contribution in [3.05, 3.63) is 0 Å². The summed E-state index contributed by atoms with van der Waals surface area (Å²) in [7, 11) is 2.20. The zero-order valence-electron chi connectivity index (χ0n) is 10.8. The van der Waals surface area contributed by atoms with Crippen LogP contribution >= 0.6 is 0 Å². The van der Waals surface area contributed by atoms with E-state index in [4.69, 9.17) is 4.74 Å². The highest BCUT2D eigenvalue weighted by Crippen LogP contribution is 2.20. The van der Waals surface area contributed by atoms with Crippen molar-refractivity contribution in [2.75, 3.05) is 39.8 Å². The molecule has 2 saturated heterocycles. The second-order valence-electron chi connectivity index (χ2n) is 5.27. The fraction of sp³-hybridized carbons (Fsp3) is 1.00. The van der Waals surface area contributed by atoms with Crippen LogP contribution in [-0.4, -0.2) is 61.8 Å². The molecule has 0 N–H and O–H groups in total. The van der Waals surface area contributed by atoms with Crippen LogP contribution in [0.25, 0.3) is 0 Å². The van der Waals surface area contributed by atoms with Crippen LogP contribution < -0.4 is 0 Å². The SMILES string of the molecule is CCN1CCC(OC2CCN(C)CC2)CC1. The second kappa shape index (κ2) is 5.99. The maximum Gasteiger partial charge on any atom is 0.0603 e. The fourth-order valence-electron chi connectivity index (χ4n) is 2.75. The first-order valence-corrected chi connectivity index (χ1v) is 6.84. The Kier molecular flexibility index (Phi) is 4.62. The summed E-state index contributed by atoms with van der Waals surface area (Å²) in [6.45, 7) is 8.32. The van der Waals surface area contributed by atoms with Gasteiger partial charge in [-0.2, -0.15) is 0 Å². The van der Waals surface area contributed by atoms with E-state index in [1.807, 2.05) is 0 Å². The Morgan fingerprint density at radius 2 is 1.44 bits per heavy atom. The Bertz CT molecular complexity index is 194. The number of nitrogens with zero attached hydrogens (tertiary/aromatic N) is 2. The Morgan fingerprint density at radius 1 is 0.938 bits per heavy atom. The first kappa shape index (κ1) is 12.3. The molecule has 2 fully saturated rings. The quantitative estimate of drug-likeness (QED) is 0.727. The van der Waals surface area contributed by atoms with Crippen LogP contribution in [0.3, 0.4) is 0 Å². The van der Waals surface area contributed by atoms with Gasteiger partial charge >= 0.3 is 0 Å². The first-order valence-electron chi connectivity index (χ1n) is 6.84. The van der Waals surface area contributed by atoms with Crippen LogP contribution in [0.1, 0.15) is 32.6 Å². The molecule has 2 aliphatic heterocycles. The molecular weight excluding hydrogens is 200 g/mol. The van der Waals surface area contributed by atoms with Gasteiger partial charge in [-0.1, -0.05) is 6.92 Å². The van der Waals surface area contributed by atoms with Crippen LogP contribution in [-0.2, 0) is 4.74 Å². The lowest BCUT2D eigenvalue weighted by molar-refractivity contribution is -0.0623. The van der Waals surface area contributed by atoms with E-state index < -0.39 is 0 Å². The number of piperidine rings is 2. The van der Waals surface area contributed by atoms with Crippen molar-refractivity contribution in [2.45, 2.75) is 44.8 Å². The number of ether oxygens (including phenoxy) is 1. The van der Waals surface area contributed by atoms with Crippen LogP contribution in [0.5, 0.6) is 0 Å². The summed E-state index contributed by atoms with van der Waals surface area (Å²) >= 11 is 0. The Morgan fingerprint density at radius 3 is 1.94 bits per heavy atom. The van der Waals surface area contributed by atoms with E-state index in [2.05, 4.69) is 23.8 Å². The molecule has 0 aliphatic carbocycles. The molecule has 0 aromatic carbocycles. The van der Waals surface area contributed by atoms with E-state index in [1.54, 1.807) is 0 Å². The van der Waals surface area contributed by atoms with Crippen molar-refractivity contribution in [3.63, 3.8) is 0 Å². The molecule has 0 spiro atoms. The second-order valence-corrected chi connectivity index (χ2v) is 5.27. The number of likely N-dealkylation sites (tertiary alicyclic amines) is 2. The fourth-order valence-corrected chi connectivity index (χ4v) is 2.75. The van der Waals surface area contributed by atoms with Gasteiger partial charge in [0.05, 0.1) is 12.2 Å². The highest BCUT2D eigenvalue weighted by atomic mass is 16.5. The largest absolute Gasteiger partial charge is 0.375 e. The maximum absolute atomic E-state index is 6.22. The van der Waals surface area contributed by atoms with E-state index in [-0.39, 0.29) is 0 Å². The van der Waals surface area contributed by atoms with Gasteiger partial charge in [0, 0.05) is 26.2 Å². The molecule has 16 heavy (non-hydrogen) atoms. The van der Waals surface area contributed by atoms with Crippen molar-refractivity contribution in [2.24, 2.45) is 0 Å². The summed E-state index contributed by atoms with van der Waals surface area (Å²) in [6.07, 6.45) is 6.00. The lowest BCUT2D eigenvalue weighted by Crippen LogP contribution is -2.41. The molecule has 94 valence electrons. The normalized spacial score (nSPS) is 27.4. The summed E-state index contributed by atoms with van der Waals surface area (Å²) in [5.74, 6) is 0. The summed E-state index contributed by atoms with van der Waals surface area (Å²) in [6, 6.07) is 0. The summed E-state index contributed by atoms with van der Waals surface area (Å²) in [5, 5.41) is 0. The number of rotatable bonds is 3. The van der Waals surface area contributed by atoms with Gasteiger partial charge in [0.25, 0.3) is 0 Å². The average Bonchev–Trinajstić information content (AvgIpc) is 2.33. The molecule has 3 nitrogen and oxygen atoms in total. The van der Waals surface area contributed by atoms with Crippen LogP contribution in [0.15, 0.2) is 0 Å². The van der Waals surface area contributed by atoms with Gasteiger partial charge in [0.15, 0.2) is 0 Å². The molecule has 0 aromatic rings. The molecule has 2 heterocycles. The van der Waals surface area contributed by atoms with Crippen LogP contribution in [0, 0.1) is 0 Å². The molecule has 0 bridgehead atoms. The average molecular weight is 226 g/mol. The molecule has 0 radical (unpaired) electrons. The van der Waals surface area contributed by atoms with E-state index >= 15 is 0 Å². The minimum Gasteiger partial charge on any atom is -0.375 e. The van der Waals surface area contributed by atoms with E-state index in [9.17, 15) is 0 Å². The maximum atomic E-state index is 6.22. The van der Waals surface area contributed by atoms with Gasteiger partial charge in [0.2, 0.25) is 0 Å². The molecular formula is C13H26N2O. The topological polar surface area (TPSA) is 15.7 Å². The molecule has 2 rings (SSSR count). The van der Waals surface area contributed by atoms with Crippen LogP contribution in [0.4, 0.5) is 0 Å². The third-order valence-corrected chi connectivity index (χ3v) is 4.03. The lowest BCUT2D eigenvalue weighted by atomic mass is 10.0. The molecule has 0 atom stereocenters. The smallest absolute Gasteiger partial charge is 0.0603 e. The van der Waals surface area contributed by atoms with Crippen molar-refractivity contribution in [3.8, 4) is 0 Å². The monoisotopic (exact) mass is 226 g/mol. The molecule has 3 heteroatoms. The first-order chi connectivity index (χ1) is 7.78. The third kappa shape index (κ3) is 3.44. The minimum absolute atomic E-state index is 0.536. The Hall–Kier alpha value is -0.120. The van der Waals surface area contributed by atoms with E-state index in [0.717, 1.165) is 0 Å². The van der Waals surface area contributed by atoms with Crippen molar-refractivity contribution in [1.82, 2.24) is 9.80 Å². The van der Waals surface area contributed by atoms with Gasteiger partial charge < -0.3 is 14.5 Å². The zero-order chi connectivity index (χ0) is 11.4. The van der Waals surface area contributed by atoms with Crippen molar-refractivity contribution in [1.29, 1.82) is 0 Å². The summed E-state index contributed by atoms with van der Waals surface area (Å²) in [5.41, 5.74) is 0. The van der Waals surface area contributed by atoms with Crippen LogP contribution in [0.2, 0.25) is 0 Å². The van der Waals surface area contributed by atoms with Crippen molar-refractivity contribution >= 4 is 0 Å². The van der Waals surface area contributed by atoms with Crippen molar-refractivity contribution < 1.29 is 4.74 Å². The molecule has 0 saturated carbocycles. The van der Waals surface area contributed by atoms with Gasteiger partial charge in [-0.05, 0) is 39.3 Å². The summed E-state index contributed by atoms with van der Waals surface area (Å²) in [4.78, 5) is 4.92. The summed E-state index contributed by atoms with van der Waals surface area (Å²) < 4.78 is 6.22. The van der Waals surface area contributed by atoms with E-state index in [1.165, 1.54) is 58.4 Å². The lowest BCUT2D eigenvalue weighted by Gasteiger charge is -2.36. The standard InChI is InChI=1S/C13H26N2O/c1-3-15-10-6-13(7-11-15)16-12-4-8-14(2)9-5-12/h12-13H,3-11H2,1-2H3. The highest BCUT2D eigenvalue weighted by Gasteiger charge is 2.24. The van der Waals surface area contributed by atoms with Gasteiger partial charge in [0.1, 0.15) is 0 Å². The molecule has 0 aromatic heterocycles. The predicted octanol–water partition coefficient (Wildman–Crippen LogP) is 1.58. The number of hydrogen-bond acceptors (Lipinski definition) is 3. The predicted molar refractivity (Wildman–Crippen MR) is 66.7 cm³/mol. The Balaban J connectivity index is 1.66.